The maximum absolute atomic E-state index is 5.42. The van der Waals surface area contributed by atoms with Gasteiger partial charge < -0.3 is 15.7 Å². The molecule has 1 aromatic heterocycles. The van der Waals surface area contributed by atoms with E-state index in [2.05, 4.69) is 80.1 Å². The molecule has 1 atom stereocenters. The van der Waals surface area contributed by atoms with Crippen molar-refractivity contribution in [3.8, 4) is 0 Å². The highest BCUT2D eigenvalue weighted by Crippen LogP contribution is 2.46. The molecule has 10 heteroatoms. The molecule has 1 aliphatic rings. The average molecular weight is 608 g/mol. The average Bonchev–Trinajstić information content (AvgIpc) is 3.69. The van der Waals surface area contributed by atoms with Gasteiger partial charge in [-0.05, 0) is 92.2 Å². The maximum Gasteiger partial charge on any atom is 0.162 e. The molecule has 7 nitrogen and oxygen atoms in total. The molecular formula is C24H31IN7PS. The zero-order chi connectivity index (χ0) is 24.7. The first-order valence-corrected chi connectivity index (χ1v) is 16.3. The summed E-state index contributed by atoms with van der Waals surface area (Å²) in [4.78, 5) is 19.5. The minimum atomic E-state index is 0.503. The molecule has 0 aliphatic heterocycles. The molecule has 1 heterocycles. The van der Waals surface area contributed by atoms with Crippen molar-refractivity contribution < 1.29 is 0 Å². The SMILES string of the molecule is C=Nc1c(Nc2ccc(C3CC3)cc2SC)cc(N=C(C)C(C)=N/C=C/N)nc1N(CC)PI. The lowest BCUT2D eigenvalue weighted by atomic mass is 10.1. The van der Waals surface area contributed by atoms with Gasteiger partial charge in [-0.3, -0.25) is 9.98 Å². The van der Waals surface area contributed by atoms with E-state index < -0.39 is 0 Å². The van der Waals surface area contributed by atoms with Gasteiger partial charge in [-0.1, -0.05) is 6.07 Å². The fraction of sp³-hybridized carbons (Fsp3) is 0.333. The molecular weight excluding hydrogens is 576 g/mol. The number of halogens is 1. The van der Waals surface area contributed by atoms with Crippen LogP contribution in [0.4, 0.5) is 28.7 Å². The van der Waals surface area contributed by atoms with E-state index in [-0.39, 0.29) is 0 Å². The maximum atomic E-state index is 5.42. The van der Waals surface area contributed by atoms with Gasteiger partial charge in [-0.2, -0.15) is 0 Å². The van der Waals surface area contributed by atoms with Gasteiger partial charge in [0.15, 0.2) is 11.6 Å². The van der Waals surface area contributed by atoms with E-state index >= 15 is 0 Å². The van der Waals surface area contributed by atoms with Crippen molar-refractivity contribution in [2.24, 2.45) is 20.7 Å². The van der Waals surface area contributed by atoms with E-state index in [1.807, 2.05) is 19.9 Å². The van der Waals surface area contributed by atoms with Crippen LogP contribution in [-0.4, -0.2) is 35.9 Å². The number of hydrogen-bond donors (Lipinski definition) is 2. The number of pyridine rings is 1. The van der Waals surface area contributed by atoms with Crippen molar-refractivity contribution in [1.29, 1.82) is 0 Å². The molecule has 1 aromatic carbocycles. The monoisotopic (exact) mass is 607 g/mol. The van der Waals surface area contributed by atoms with Gasteiger partial charge in [-0.15, -0.1) is 11.8 Å². The van der Waals surface area contributed by atoms with Crippen molar-refractivity contribution >= 4 is 87.0 Å². The van der Waals surface area contributed by atoms with Gasteiger partial charge in [0.2, 0.25) is 0 Å². The van der Waals surface area contributed by atoms with Crippen LogP contribution in [0.5, 0.6) is 0 Å². The summed E-state index contributed by atoms with van der Waals surface area (Å²) >= 11 is 4.10. The molecule has 3 rings (SSSR count). The third kappa shape index (κ3) is 6.58. The Morgan fingerprint density at radius 3 is 2.68 bits per heavy atom. The van der Waals surface area contributed by atoms with Crippen molar-refractivity contribution in [3.05, 3.63) is 42.2 Å². The largest absolute Gasteiger partial charge is 0.403 e. The van der Waals surface area contributed by atoms with E-state index in [9.17, 15) is 0 Å². The molecule has 1 unspecified atom stereocenters. The molecule has 2 aromatic rings. The Morgan fingerprint density at radius 2 is 2.09 bits per heavy atom. The van der Waals surface area contributed by atoms with Crippen LogP contribution in [0.15, 0.2) is 56.5 Å². The van der Waals surface area contributed by atoms with Crippen LogP contribution in [0.1, 0.15) is 45.1 Å². The lowest BCUT2D eigenvalue weighted by Gasteiger charge is -2.23. The van der Waals surface area contributed by atoms with Crippen molar-refractivity contribution in [2.75, 3.05) is 22.8 Å². The fourth-order valence-corrected chi connectivity index (χ4v) is 6.04. The van der Waals surface area contributed by atoms with Gasteiger partial charge in [0.25, 0.3) is 0 Å². The van der Waals surface area contributed by atoms with Crippen LogP contribution in [0.2, 0.25) is 0 Å². The zero-order valence-corrected chi connectivity index (χ0v) is 23.9. The number of nitrogens with zero attached hydrogens (tertiary/aromatic N) is 5. The van der Waals surface area contributed by atoms with E-state index in [0.29, 0.717) is 18.1 Å². The summed E-state index contributed by atoms with van der Waals surface area (Å²) in [6, 6.07) is 8.61. The minimum absolute atomic E-state index is 0.503. The normalized spacial score (nSPS) is 14.9. The summed E-state index contributed by atoms with van der Waals surface area (Å²) in [5.41, 5.74) is 11.0. The van der Waals surface area contributed by atoms with Crippen LogP contribution in [0.3, 0.4) is 0 Å². The molecule has 34 heavy (non-hydrogen) atoms. The van der Waals surface area contributed by atoms with Crippen LogP contribution in [0.25, 0.3) is 0 Å². The third-order valence-electron chi connectivity index (χ3n) is 5.50. The lowest BCUT2D eigenvalue weighted by molar-refractivity contribution is 1.06. The molecule has 180 valence electrons. The summed E-state index contributed by atoms with van der Waals surface area (Å²) in [6.45, 7) is 10.6. The molecule has 1 saturated carbocycles. The first-order chi connectivity index (χ1) is 16.4. The van der Waals surface area contributed by atoms with Gasteiger partial charge in [0.05, 0.1) is 22.8 Å². The van der Waals surface area contributed by atoms with E-state index in [4.69, 9.17) is 15.7 Å². The highest BCUT2D eigenvalue weighted by molar-refractivity contribution is 14.2. The summed E-state index contributed by atoms with van der Waals surface area (Å²) < 4.78 is 2.17. The topological polar surface area (TPSA) is 91.3 Å². The molecule has 0 radical (unpaired) electrons. The first-order valence-electron chi connectivity index (χ1n) is 11.0. The van der Waals surface area contributed by atoms with Crippen LogP contribution >= 0.6 is 40.2 Å². The molecule has 0 amide bonds. The first kappa shape index (κ1) is 26.6. The van der Waals surface area contributed by atoms with Gasteiger partial charge in [-0.25, -0.2) is 9.98 Å². The molecule has 0 saturated heterocycles. The number of rotatable bonds is 11. The van der Waals surface area contributed by atoms with E-state index in [1.165, 1.54) is 29.5 Å². The standard InChI is InChI=1S/C24H31IN7PS/c1-6-32(33-25)24-23(27-4)20(14-22(31-24)29-16(3)15(2)28-12-11-26)30-19-10-9-18(17-7-8-17)13-21(19)34-5/h9-14,17,33H,4,6-8,26H2,1-3,5H3,(H,30,31)/b12-11+,28-15?,29-16?. The summed E-state index contributed by atoms with van der Waals surface area (Å²) in [6.07, 6.45) is 8.13. The van der Waals surface area contributed by atoms with Crippen molar-refractivity contribution in [1.82, 2.24) is 4.98 Å². The number of benzene rings is 1. The van der Waals surface area contributed by atoms with Gasteiger partial charge in [0.1, 0.15) is 5.69 Å². The Kier molecular flexibility index (Phi) is 9.91. The van der Waals surface area contributed by atoms with Gasteiger partial charge >= 0.3 is 0 Å². The lowest BCUT2D eigenvalue weighted by Crippen LogP contribution is -2.12. The highest BCUT2D eigenvalue weighted by atomic mass is 127. The fourth-order valence-electron chi connectivity index (χ4n) is 3.39. The predicted octanol–water partition coefficient (Wildman–Crippen LogP) is 7.51. The minimum Gasteiger partial charge on any atom is -0.403 e. The van der Waals surface area contributed by atoms with Crippen molar-refractivity contribution in [3.63, 3.8) is 0 Å². The number of nitrogens with one attached hydrogen (secondary N) is 1. The van der Waals surface area contributed by atoms with Crippen molar-refractivity contribution in [2.45, 2.75) is 44.4 Å². The van der Waals surface area contributed by atoms with Crippen LogP contribution in [-0.2, 0) is 0 Å². The molecule has 0 bridgehead atoms. The smallest absolute Gasteiger partial charge is 0.162 e. The predicted molar refractivity (Wildman–Crippen MR) is 161 cm³/mol. The number of nitrogens with two attached hydrogens (primary N) is 1. The Morgan fingerprint density at radius 1 is 1.32 bits per heavy atom. The number of thioether (sulfide) groups is 1. The summed E-state index contributed by atoms with van der Waals surface area (Å²) in [5.74, 6) is 2.06. The number of anilines is 3. The zero-order valence-electron chi connectivity index (χ0n) is 20.0. The third-order valence-corrected chi connectivity index (χ3v) is 8.75. The quantitative estimate of drug-likeness (QED) is 0.119. The second-order valence-corrected chi connectivity index (χ2v) is 10.8. The van der Waals surface area contributed by atoms with Crippen LogP contribution in [0, 0.1) is 0 Å². The van der Waals surface area contributed by atoms with Crippen LogP contribution < -0.4 is 15.7 Å². The number of aliphatic imine (C=N–C) groups is 3. The Labute approximate surface area is 221 Å². The molecule has 1 aliphatic carbocycles. The summed E-state index contributed by atoms with van der Waals surface area (Å²) in [5, 5.41) is 3.60. The highest BCUT2D eigenvalue weighted by Gasteiger charge is 2.24. The van der Waals surface area contributed by atoms with Gasteiger partial charge in [0, 0.05) is 36.3 Å². The Bertz CT molecular complexity index is 1120. The number of aromatic nitrogens is 1. The second kappa shape index (κ2) is 12.7. The second-order valence-electron chi connectivity index (χ2n) is 7.80. The Balaban J connectivity index is 2.10. The molecule has 1 fully saturated rings. The number of hydrogen-bond acceptors (Lipinski definition) is 8. The van der Waals surface area contributed by atoms with E-state index in [0.717, 1.165) is 40.8 Å². The van der Waals surface area contributed by atoms with E-state index in [1.54, 1.807) is 18.0 Å². The Hall–Kier alpha value is -1.97. The molecule has 0 spiro atoms. The summed E-state index contributed by atoms with van der Waals surface area (Å²) in [7, 11) is 0. The molecule has 3 N–H and O–H groups in total.